The number of hydrogen-bond donors (Lipinski definition) is 0. The van der Waals surface area contributed by atoms with Gasteiger partial charge in [0, 0.05) is 0 Å². The zero-order chi connectivity index (χ0) is 20.5. The number of aromatic nitrogens is 3. The minimum atomic E-state index is -0.709. The van der Waals surface area contributed by atoms with E-state index in [9.17, 15) is 9.59 Å². The van der Waals surface area contributed by atoms with E-state index < -0.39 is 11.7 Å². The van der Waals surface area contributed by atoms with Gasteiger partial charge in [-0.15, -0.1) is 9.97 Å². The van der Waals surface area contributed by atoms with Crippen molar-refractivity contribution in [3.63, 3.8) is 0 Å². The molecule has 2 aromatic carbocycles. The molecule has 0 radical (unpaired) electrons. The van der Waals surface area contributed by atoms with E-state index in [0.717, 1.165) is 15.7 Å². The molecule has 0 fully saturated rings. The molecule has 0 saturated carbocycles. The van der Waals surface area contributed by atoms with Gasteiger partial charge in [0.2, 0.25) is 0 Å². The Bertz CT molecular complexity index is 990. The molecule has 8 heteroatoms. The van der Waals surface area contributed by atoms with Gasteiger partial charge in [-0.1, -0.05) is 60.7 Å². The number of nitrogens with zero attached hydrogens (tertiary/aromatic N) is 3. The van der Waals surface area contributed by atoms with Gasteiger partial charge in [0.1, 0.15) is 19.8 Å². The lowest BCUT2D eigenvalue weighted by Crippen LogP contribution is -2.30. The summed E-state index contributed by atoms with van der Waals surface area (Å²) in [5, 5.41) is 0. The smallest absolute Gasteiger partial charge is 0.356 e. The highest BCUT2D eigenvalue weighted by Crippen LogP contribution is 2.13. The van der Waals surface area contributed by atoms with Crippen LogP contribution < -0.4 is 15.2 Å². The molecule has 0 saturated heterocycles. The predicted octanol–water partition coefficient (Wildman–Crippen LogP) is 2.36. The van der Waals surface area contributed by atoms with E-state index in [2.05, 4.69) is 9.97 Å². The highest BCUT2D eigenvalue weighted by atomic mass is 16.5. The van der Waals surface area contributed by atoms with Crippen LogP contribution in [0.2, 0.25) is 0 Å². The van der Waals surface area contributed by atoms with Crippen molar-refractivity contribution in [1.82, 2.24) is 14.5 Å². The molecular weight excluding hydrogens is 374 g/mol. The lowest BCUT2D eigenvalue weighted by atomic mass is 10.2. The van der Waals surface area contributed by atoms with Crippen LogP contribution in [-0.2, 0) is 29.3 Å². The topological polar surface area (TPSA) is 92.5 Å². The lowest BCUT2D eigenvalue weighted by molar-refractivity contribution is -0.144. The number of carbonyl (C=O) groups excluding carboxylic acids is 1. The maximum absolute atomic E-state index is 12.5. The molecule has 0 atom stereocenters. The van der Waals surface area contributed by atoms with E-state index in [1.807, 2.05) is 60.7 Å². The van der Waals surface area contributed by atoms with Crippen LogP contribution in [0.3, 0.4) is 0 Å². The maximum Gasteiger partial charge on any atom is 0.356 e. The lowest BCUT2D eigenvalue weighted by Gasteiger charge is -2.13. The Morgan fingerprint density at radius 1 is 0.897 bits per heavy atom. The molecule has 3 rings (SSSR count). The highest BCUT2D eigenvalue weighted by molar-refractivity contribution is 5.69. The maximum atomic E-state index is 12.5. The fourth-order valence-corrected chi connectivity index (χ4v) is 2.48. The van der Waals surface area contributed by atoms with Gasteiger partial charge in [0.25, 0.3) is 0 Å². The molecule has 29 heavy (non-hydrogen) atoms. The van der Waals surface area contributed by atoms with Crippen LogP contribution in [0.1, 0.15) is 18.1 Å². The first kappa shape index (κ1) is 20.1. The van der Waals surface area contributed by atoms with E-state index >= 15 is 0 Å². The number of hydrogen-bond acceptors (Lipinski definition) is 7. The summed E-state index contributed by atoms with van der Waals surface area (Å²) in [6.45, 7) is 1.89. The van der Waals surface area contributed by atoms with Crippen LogP contribution in [0.4, 0.5) is 0 Å². The second kappa shape index (κ2) is 10.0. The molecule has 1 heterocycles. The van der Waals surface area contributed by atoms with Gasteiger partial charge in [-0.25, -0.2) is 9.36 Å². The Kier molecular flexibility index (Phi) is 6.94. The quantitative estimate of drug-likeness (QED) is 0.514. The number of benzene rings is 2. The average Bonchev–Trinajstić information content (AvgIpc) is 2.74. The molecule has 0 unspecified atom stereocenters. The summed E-state index contributed by atoms with van der Waals surface area (Å²) < 4.78 is 17.2. The first-order chi connectivity index (χ1) is 14.2. The van der Waals surface area contributed by atoms with E-state index in [0.29, 0.717) is 0 Å². The molecule has 0 aliphatic rings. The monoisotopic (exact) mass is 395 g/mol. The van der Waals surface area contributed by atoms with Crippen molar-refractivity contribution in [2.45, 2.75) is 26.7 Å². The molecule has 3 aromatic rings. The van der Waals surface area contributed by atoms with Crippen LogP contribution in [0.5, 0.6) is 12.0 Å². The zero-order valence-corrected chi connectivity index (χ0v) is 16.0. The Labute approximate surface area is 167 Å². The van der Waals surface area contributed by atoms with Crippen LogP contribution in [0, 0.1) is 0 Å². The average molecular weight is 395 g/mol. The van der Waals surface area contributed by atoms with Gasteiger partial charge >= 0.3 is 23.7 Å². The van der Waals surface area contributed by atoms with Crippen LogP contribution in [-0.4, -0.2) is 27.1 Å². The van der Waals surface area contributed by atoms with E-state index in [1.165, 1.54) is 0 Å². The standard InChI is InChI=1S/C21H21N3O5/c1-2-27-18(25)13-24-20(26)22-19(28-14-16-9-5-3-6-10-16)23-21(24)29-15-17-11-7-4-8-12-17/h3-12H,2,13-15H2,1H3. The molecule has 0 spiro atoms. The van der Waals surface area contributed by atoms with E-state index in [4.69, 9.17) is 14.2 Å². The van der Waals surface area contributed by atoms with Gasteiger partial charge in [-0.05, 0) is 18.1 Å². The largest absolute Gasteiger partial charge is 0.465 e. The molecule has 8 nitrogen and oxygen atoms in total. The number of rotatable bonds is 9. The number of esters is 1. The predicted molar refractivity (Wildman–Crippen MR) is 104 cm³/mol. The SMILES string of the molecule is CCOC(=O)Cn1c(OCc2ccccc2)nc(OCc2ccccc2)nc1=O. The number of carbonyl (C=O) groups is 1. The highest BCUT2D eigenvalue weighted by Gasteiger charge is 2.16. The second-order valence-corrected chi connectivity index (χ2v) is 6.01. The number of ether oxygens (including phenoxy) is 3. The van der Waals surface area contributed by atoms with E-state index in [-0.39, 0.29) is 38.4 Å². The summed E-state index contributed by atoms with van der Waals surface area (Å²) in [5.74, 6) is -0.583. The molecule has 150 valence electrons. The summed E-state index contributed by atoms with van der Waals surface area (Å²) in [5.41, 5.74) is 1.07. The Hall–Kier alpha value is -3.68. The Morgan fingerprint density at radius 2 is 1.48 bits per heavy atom. The molecular formula is C21H21N3O5. The van der Waals surface area contributed by atoms with Crippen molar-refractivity contribution in [3.05, 3.63) is 82.3 Å². The molecule has 0 amide bonds. The van der Waals surface area contributed by atoms with Crippen LogP contribution in [0.15, 0.2) is 65.5 Å². The first-order valence-corrected chi connectivity index (χ1v) is 9.13. The summed E-state index contributed by atoms with van der Waals surface area (Å²) >= 11 is 0. The Morgan fingerprint density at radius 3 is 2.07 bits per heavy atom. The minimum Gasteiger partial charge on any atom is -0.465 e. The fraction of sp³-hybridized carbons (Fsp3) is 0.238. The van der Waals surface area contributed by atoms with Crippen molar-refractivity contribution in [1.29, 1.82) is 0 Å². The minimum absolute atomic E-state index is 0.0648. The van der Waals surface area contributed by atoms with Crippen LogP contribution >= 0.6 is 0 Å². The molecule has 0 aliphatic carbocycles. The van der Waals surface area contributed by atoms with Crippen molar-refractivity contribution < 1.29 is 19.0 Å². The van der Waals surface area contributed by atoms with Crippen molar-refractivity contribution >= 4 is 5.97 Å². The molecule has 0 aliphatic heterocycles. The summed E-state index contributed by atoms with van der Waals surface area (Å²) in [6.07, 6.45) is 0. The fourth-order valence-electron chi connectivity index (χ4n) is 2.48. The second-order valence-electron chi connectivity index (χ2n) is 6.01. The summed E-state index contributed by atoms with van der Waals surface area (Å²) in [7, 11) is 0. The van der Waals surface area contributed by atoms with Crippen molar-refractivity contribution in [3.8, 4) is 12.0 Å². The zero-order valence-electron chi connectivity index (χ0n) is 16.0. The third kappa shape index (κ3) is 5.90. The van der Waals surface area contributed by atoms with Gasteiger partial charge in [0.15, 0.2) is 0 Å². The Balaban J connectivity index is 1.82. The molecule has 1 aromatic heterocycles. The third-order valence-corrected chi connectivity index (χ3v) is 3.86. The third-order valence-electron chi connectivity index (χ3n) is 3.86. The van der Waals surface area contributed by atoms with Gasteiger partial charge in [-0.3, -0.25) is 4.79 Å². The van der Waals surface area contributed by atoms with Crippen LogP contribution in [0.25, 0.3) is 0 Å². The van der Waals surface area contributed by atoms with Gasteiger partial charge < -0.3 is 14.2 Å². The first-order valence-electron chi connectivity index (χ1n) is 9.13. The van der Waals surface area contributed by atoms with Crippen molar-refractivity contribution in [2.75, 3.05) is 6.61 Å². The van der Waals surface area contributed by atoms with Crippen molar-refractivity contribution in [2.24, 2.45) is 0 Å². The summed E-state index contributed by atoms with van der Waals surface area (Å²) in [6, 6.07) is 18.6. The molecule has 0 N–H and O–H groups in total. The normalized spacial score (nSPS) is 10.4. The van der Waals surface area contributed by atoms with E-state index in [1.54, 1.807) is 6.92 Å². The molecule has 0 bridgehead atoms. The summed E-state index contributed by atoms with van der Waals surface area (Å²) in [4.78, 5) is 32.3. The van der Waals surface area contributed by atoms with Gasteiger partial charge in [0.05, 0.1) is 6.61 Å². The van der Waals surface area contributed by atoms with Gasteiger partial charge in [-0.2, -0.15) is 0 Å².